The van der Waals surface area contributed by atoms with E-state index in [0.717, 1.165) is 0 Å². The standard InChI is InChI=1S/C45H84N18O12/c1-22(2)17-30(40(72)57-25(7)35(67)59-28(12-9-15-54-44(49)50)39(71)63-32(42(74)75)19-24(5)6)61-38(70)29(13-10-16-55-45(51)52)60-41(73)31(18-23(3)4)62-37(69)27(11-8-14-53-43(47)48)58-33(64)21-56-36(68)26(46)20-34(65)66/h22-32H,8-21,46H2,1-7H3,(H,56,68)(H,57,72)(H,58,64)(H,59,67)(H,60,73)(H,61,70)(H,62,69)(H,63,71)(H,65,66)(H,74,75)(H4,47,48,53)(H4,49,50,54)(H4,51,52,55)/t25-,26-,27-,28-,29-,30-,31-,32-/m0/s1. The minimum Gasteiger partial charge on any atom is -0.481 e. The number of hydrogen-bond acceptors (Lipinski definition) is 14. The number of hydrogen-bond donors (Lipinski definition) is 17. The van der Waals surface area contributed by atoms with Gasteiger partial charge in [0.05, 0.1) is 19.0 Å². The van der Waals surface area contributed by atoms with E-state index in [-0.39, 0.29) is 113 Å². The lowest BCUT2D eigenvalue weighted by molar-refractivity contribution is -0.143. The van der Waals surface area contributed by atoms with Crippen molar-refractivity contribution >= 4 is 77.1 Å². The molecule has 0 saturated carbocycles. The molecule has 0 aliphatic rings. The SMILES string of the molecule is CC(C)C[C@H](NC(=O)[C@H](CCCN=C(N)N)NC(=O)[C@H](C)NC(=O)[C@H](CC(C)C)NC(=O)[C@H](CCCN=C(N)N)NC(=O)[C@H](CC(C)C)NC(=O)[C@H](CCCN=C(N)N)NC(=O)CNC(=O)[C@@H](N)CC(=O)O)C(=O)O. The summed E-state index contributed by atoms with van der Waals surface area (Å²) in [5.41, 5.74) is 38.3. The summed E-state index contributed by atoms with van der Waals surface area (Å²) in [6.07, 6.45) is -0.175. The van der Waals surface area contributed by atoms with Crippen LogP contribution in [0.2, 0.25) is 0 Å². The highest BCUT2D eigenvalue weighted by Gasteiger charge is 2.34. The fourth-order valence-corrected chi connectivity index (χ4v) is 7.01. The van der Waals surface area contributed by atoms with Gasteiger partial charge in [0.1, 0.15) is 42.3 Å². The molecule has 0 saturated heterocycles. The average Bonchev–Trinajstić information content (AvgIpc) is 3.28. The third-order valence-corrected chi connectivity index (χ3v) is 10.7. The van der Waals surface area contributed by atoms with Gasteiger partial charge < -0.3 is 92.9 Å². The molecule has 75 heavy (non-hydrogen) atoms. The maximum atomic E-state index is 14.2. The van der Waals surface area contributed by atoms with Crippen LogP contribution in [0.5, 0.6) is 0 Å². The summed E-state index contributed by atoms with van der Waals surface area (Å²) in [6.45, 7) is 11.5. The normalized spacial score (nSPS) is 14.2. The van der Waals surface area contributed by atoms with E-state index in [4.69, 9.17) is 45.2 Å². The quantitative estimate of drug-likeness (QED) is 0.0157. The molecule has 0 aromatic heterocycles. The number of carboxylic acid groups (broad SMARTS) is 2. The van der Waals surface area contributed by atoms with Crippen LogP contribution < -0.4 is 82.7 Å². The van der Waals surface area contributed by atoms with Crippen LogP contribution in [-0.2, 0) is 47.9 Å². The predicted octanol–water partition coefficient (Wildman–Crippen LogP) is -5.30. The van der Waals surface area contributed by atoms with Crippen molar-refractivity contribution in [3.63, 3.8) is 0 Å². The van der Waals surface area contributed by atoms with Crippen LogP contribution in [0.25, 0.3) is 0 Å². The Hall–Kier alpha value is -7.53. The summed E-state index contributed by atoms with van der Waals surface area (Å²) in [7, 11) is 0. The van der Waals surface area contributed by atoms with E-state index in [1.807, 2.05) is 0 Å². The van der Waals surface area contributed by atoms with Crippen molar-refractivity contribution in [3.05, 3.63) is 0 Å². The maximum absolute atomic E-state index is 14.2. The molecule has 8 amide bonds. The second-order valence-electron chi connectivity index (χ2n) is 19.2. The van der Waals surface area contributed by atoms with Crippen molar-refractivity contribution in [1.29, 1.82) is 0 Å². The van der Waals surface area contributed by atoms with E-state index in [2.05, 4.69) is 57.5 Å². The highest BCUT2D eigenvalue weighted by molar-refractivity contribution is 5.98. The number of aliphatic carboxylic acids is 2. The van der Waals surface area contributed by atoms with E-state index in [0.29, 0.717) is 0 Å². The van der Waals surface area contributed by atoms with Crippen molar-refractivity contribution in [2.24, 2.45) is 72.9 Å². The van der Waals surface area contributed by atoms with Crippen molar-refractivity contribution in [1.82, 2.24) is 42.5 Å². The first-order valence-corrected chi connectivity index (χ1v) is 24.7. The van der Waals surface area contributed by atoms with Crippen molar-refractivity contribution < 1.29 is 58.2 Å². The van der Waals surface area contributed by atoms with E-state index >= 15 is 0 Å². The van der Waals surface area contributed by atoms with Crippen LogP contribution in [-0.4, -0.2) is 162 Å². The van der Waals surface area contributed by atoms with Gasteiger partial charge in [-0.2, -0.15) is 0 Å². The molecule has 0 spiro atoms. The van der Waals surface area contributed by atoms with Crippen LogP contribution in [0.1, 0.15) is 113 Å². The zero-order valence-corrected chi connectivity index (χ0v) is 44.1. The number of carboxylic acids is 2. The largest absolute Gasteiger partial charge is 0.481 e. The van der Waals surface area contributed by atoms with Crippen LogP contribution in [0, 0.1) is 17.8 Å². The highest BCUT2D eigenvalue weighted by atomic mass is 16.4. The Morgan fingerprint density at radius 2 is 0.747 bits per heavy atom. The third-order valence-electron chi connectivity index (χ3n) is 10.7. The first-order valence-electron chi connectivity index (χ1n) is 24.7. The smallest absolute Gasteiger partial charge is 0.326 e. The van der Waals surface area contributed by atoms with Gasteiger partial charge in [-0.15, -0.1) is 0 Å². The number of nitrogens with two attached hydrogens (primary N) is 7. The molecule has 0 fully saturated rings. The number of rotatable bonds is 37. The highest BCUT2D eigenvalue weighted by Crippen LogP contribution is 2.12. The topological polar surface area (TPSA) is 527 Å². The van der Waals surface area contributed by atoms with E-state index in [1.165, 1.54) is 6.92 Å². The van der Waals surface area contributed by atoms with Gasteiger partial charge in [-0.05, 0) is 82.5 Å². The minimum absolute atomic E-state index is 0.0133. The van der Waals surface area contributed by atoms with Crippen molar-refractivity contribution in [3.8, 4) is 0 Å². The summed E-state index contributed by atoms with van der Waals surface area (Å²) < 4.78 is 0. The second kappa shape index (κ2) is 35.6. The Kier molecular flexibility index (Phi) is 32.0. The summed E-state index contributed by atoms with van der Waals surface area (Å²) >= 11 is 0. The van der Waals surface area contributed by atoms with Crippen LogP contribution in [0.4, 0.5) is 0 Å². The maximum Gasteiger partial charge on any atom is 0.326 e. The lowest BCUT2D eigenvalue weighted by atomic mass is 10.00. The lowest BCUT2D eigenvalue weighted by Crippen LogP contribution is -2.60. The van der Waals surface area contributed by atoms with Gasteiger partial charge in [0.2, 0.25) is 47.3 Å². The summed E-state index contributed by atoms with van der Waals surface area (Å²) in [5, 5.41) is 38.9. The van der Waals surface area contributed by atoms with Crippen molar-refractivity contribution in [2.45, 2.75) is 161 Å². The van der Waals surface area contributed by atoms with Gasteiger partial charge in [-0.3, -0.25) is 58.1 Å². The molecule has 0 radical (unpaired) electrons. The minimum atomic E-state index is -1.46. The Bertz CT molecular complexity index is 2010. The van der Waals surface area contributed by atoms with E-state index in [9.17, 15) is 53.1 Å². The molecule has 0 unspecified atom stereocenters. The Morgan fingerprint density at radius 3 is 1.11 bits per heavy atom. The average molecular weight is 1070 g/mol. The number of aliphatic imine (C=N–C) groups is 3. The molecule has 0 bridgehead atoms. The van der Waals surface area contributed by atoms with Crippen molar-refractivity contribution in [2.75, 3.05) is 26.2 Å². The van der Waals surface area contributed by atoms with E-state index in [1.54, 1.807) is 41.5 Å². The molecule has 0 aromatic rings. The third kappa shape index (κ3) is 31.0. The molecule has 8 atom stereocenters. The van der Waals surface area contributed by atoms with E-state index < -0.39 is 120 Å². The van der Waals surface area contributed by atoms with Gasteiger partial charge in [0, 0.05) is 19.6 Å². The molecule has 0 aliphatic carbocycles. The zero-order valence-electron chi connectivity index (χ0n) is 44.1. The van der Waals surface area contributed by atoms with Crippen LogP contribution in [0.3, 0.4) is 0 Å². The van der Waals surface area contributed by atoms with Crippen LogP contribution in [0.15, 0.2) is 15.0 Å². The molecule has 30 nitrogen and oxygen atoms in total. The van der Waals surface area contributed by atoms with Gasteiger partial charge in [0.15, 0.2) is 17.9 Å². The molecule has 426 valence electrons. The summed E-state index contributed by atoms with van der Waals surface area (Å²) in [5.74, 6) is -10.5. The van der Waals surface area contributed by atoms with Gasteiger partial charge in [-0.25, -0.2) is 4.79 Å². The molecule has 24 N–H and O–H groups in total. The summed E-state index contributed by atoms with van der Waals surface area (Å²) in [4.78, 5) is 143. The number of nitrogens with zero attached hydrogens (tertiary/aromatic N) is 3. The number of nitrogens with one attached hydrogen (secondary N) is 8. The monoisotopic (exact) mass is 1070 g/mol. The number of guanidine groups is 3. The number of carbonyl (C=O) groups excluding carboxylic acids is 8. The van der Waals surface area contributed by atoms with Gasteiger partial charge in [-0.1, -0.05) is 41.5 Å². The predicted molar refractivity (Wildman–Crippen MR) is 278 cm³/mol. The first kappa shape index (κ1) is 67.5. The fourth-order valence-electron chi connectivity index (χ4n) is 7.01. The molecule has 0 aliphatic heterocycles. The second-order valence-corrected chi connectivity index (χ2v) is 19.2. The van der Waals surface area contributed by atoms with Gasteiger partial charge in [0.25, 0.3) is 0 Å². The molecule has 0 heterocycles. The molecule has 0 aromatic carbocycles. The summed E-state index contributed by atoms with van der Waals surface area (Å²) in [6, 6.07) is -10.6. The Balaban J connectivity index is 6.62. The Labute approximate surface area is 436 Å². The molecular weight excluding hydrogens is 985 g/mol. The van der Waals surface area contributed by atoms with Crippen LogP contribution >= 0.6 is 0 Å². The zero-order chi connectivity index (χ0) is 57.5. The number of carbonyl (C=O) groups is 10. The first-order chi connectivity index (χ1) is 34.9. The Morgan fingerprint density at radius 1 is 0.427 bits per heavy atom. The lowest BCUT2D eigenvalue weighted by Gasteiger charge is -2.28. The number of amides is 8. The molecular formula is C45H84N18O12. The molecule has 0 rings (SSSR count). The molecule has 30 heteroatoms. The van der Waals surface area contributed by atoms with Gasteiger partial charge >= 0.3 is 11.9 Å². The fraction of sp³-hybridized carbons (Fsp3) is 0.711.